The first kappa shape index (κ1) is 29.9. The van der Waals surface area contributed by atoms with Crippen molar-refractivity contribution in [1.29, 1.82) is 0 Å². The van der Waals surface area contributed by atoms with Crippen LogP contribution >= 0.6 is 11.9 Å². The monoisotopic (exact) mass is 521 g/mol. The Kier molecular flexibility index (Phi) is 13.1. The standard InChI is InChI=1S/C17H33N5O3S.C9H10O/c1-12(2)26-21(10-13(3)20-16(24)9-19-4)8-7-14-5-6-15(17(18)25)22(14)11-23;1-2-6-9-8(4-1)5-3-7-10-9/h11-15,19H,5-10H2,1-4H3,(H2,18,25)(H,20,24);1-2,4,6H,3,5,7H2. The van der Waals surface area contributed by atoms with E-state index in [1.165, 1.54) is 12.0 Å². The second-order valence-corrected chi connectivity index (χ2v) is 11.3. The zero-order valence-electron chi connectivity index (χ0n) is 22.1. The summed E-state index contributed by atoms with van der Waals surface area (Å²) in [4.78, 5) is 36.1. The molecule has 0 bridgehead atoms. The average molecular weight is 522 g/mol. The molecule has 1 fully saturated rings. The highest BCUT2D eigenvalue weighted by atomic mass is 32.2. The fraction of sp³-hybridized carbons (Fsp3) is 0.654. The molecular weight excluding hydrogens is 478 g/mol. The maximum absolute atomic E-state index is 11.7. The Morgan fingerprint density at radius 1 is 1.28 bits per heavy atom. The molecule has 0 saturated carbocycles. The number of ether oxygens (including phenoxy) is 1. The fourth-order valence-electron chi connectivity index (χ4n) is 4.56. The van der Waals surface area contributed by atoms with Crippen LogP contribution in [0.15, 0.2) is 24.3 Å². The number of amides is 3. The van der Waals surface area contributed by atoms with Crippen LogP contribution in [0, 0.1) is 0 Å². The second kappa shape index (κ2) is 15.7. The van der Waals surface area contributed by atoms with E-state index in [2.05, 4.69) is 40.9 Å². The summed E-state index contributed by atoms with van der Waals surface area (Å²) in [5, 5.41) is 6.22. The van der Waals surface area contributed by atoms with Crippen molar-refractivity contribution in [3.8, 4) is 5.75 Å². The molecule has 3 amide bonds. The Hall–Kier alpha value is -2.30. The lowest BCUT2D eigenvalue weighted by molar-refractivity contribution is -0.130. The third-order valence-corrected chi connectivity index (χ3v) is 7.17. The molecule has 3 rings (SSSR count). The quantitative estimate of drug-likeness (QED) is 0.284. The fourth-order valence-corrected chi connectivity index (χ4v) is 5.67. The number of carbonyl (C=O) groups excluding carboxylic acids is 3. The highest BCUT2D eigenvalue weighted by Gasteiger charge is 2.35. The molecule has 1 saturated heterocycles. The lowest BCUT2D eigenvalue weighted by atomic mass is 10.1. The lowest BCUT2D eigenvalue weighted by Gasteiger charge is -2.30. The number of fused-ring (bicyclic) bond motifs is 1. The van der Waals surface area contributed by atoms with E-state index >= 15 is 0 Å². The molecule has 4 N–H and O–H groups in total. The van der Waals surface area contributed by atoms with Gasteiger partial charge in [0.1, 0.15) is 11.8 Å². The van der Waals surface area contributed by atoms with E-state index in [1.54, 1.807) is 23.9 Å². The van der Waals surface area contributed by atoms with Gasteiger partial charge in [-0.1, -0.05) is 44.0 Å². The van der Waals surface area contributed by atoms with Crippen molar-refractivity contribution in [2.24, 2.45) is 5.73 Å². The maximum Gasteiger partial charge on any atom is 0.240 e. The minimum Gasteiger partial charge on any atom is -0.493 e. The normalized spacial score (nSPS) is 19.7. The van der Waals surface area contributed by atoms with Gasteiger partial charge in [0, 0.05) is 30.4 Å². The predicted molar refractivity (Wildman–Crippen MR) is 145 cm³/mol. The van der Waals surface area contributed by atoms with Gasteiger partial charge in [-0.15, -0.1) is 0 Å². The third-order valence-electron chi connectivity index (χ3n) is 6.12. The van der Waals surface area contributed by atoms with Crippen LogP contribution in [0.4, 0.5) is 0 Å². The summed E-state index contributed by atoms with van der Waals surface area (Å²) in [5.41, 5.74) is 6.74. The van der Waals surface area contributed by atoms with E-state index in [0.717, 1.165) is 44.6 Å². The van der Waals surface area contributed by atoms with E-state index in [4.69, 9.17) is 10.5 Å². The Morgan fingerprint density at radius 2 is 2.03 bits per heavy atom. The molecule has 1 aromatic carbocycles. The second-order valence-electron chi connectivity index (χ2n) is 9.59. The zero-order valence-corrected chi connectivity index (χ0v) is 22.9. The van der Waals surface area contributed by atoms with Gasteiger partial charge in [-0.05, 0) is 57.7 Å². The molecule has 1 aromatic rings. The van der Waals surface area contributed by atoms with E-state index < -0.39 is 11.9 Å². The van der Waals surface area contributed by atoms with Gasteiger partial charge in [0.25, 0.3) is 0 Å². The van der Waals surface area contributed by atoms with E-state index in [0.29, 0.717) is 24.8 Å². The molecule has 0 spiro atoms. The number of nitrogens with one attached hydrogen (secondary N) is 2. The summed E-state index contributed by atoms with van der Waals surface area (Å²) >= 11 is 1.74. The molecule has 0 radical (unpaired) electrons. The third kappa shape index (κ3) is 9.99. The smallest absolute Gasteiger partial charge is 0.240 e. The molecule has 3 atom stereocenters. The minimum absolute atomic E-state index is 0.0196. The van der Waals surface area contributed by atoms with Gasteiger partial charge in [0.2, 0.25) is 18.2 Å². The summed E-state index contributed by atoms with van der Waals surface area (Å²) in [6.45, 7) is 8.90. The highest BCUT2D eigenvalue weighted by Crippen LogP contribution is 2.27. The van der Waals surface area contributed by atoms with Crippen LogP contribution in [-0.2, 0) is 20.8 Å². The molecule has 202 valence electrons. The Morgan fingerprint density at radius 3 is 2.67 bits per heavy atom. The van der Waals surface area contributed by atoms with Gasteiger partial charge in [-0.2, -0.15) is 0 Å². The van der Waals surface area contributed by atoms with Crippen molar-refractivity contribution >= 4 is 30.2 Å². The van der Waals surface area contributed by atoms with Crippen LogP contribution < -0.4 is 21.1 Å². The maximum atomic E-state index is 11.7. The first-order valence-corrected chi connectivity index (χ1v) is 13.7. The number of nitrogens with two attached hydrogens (primary N) is 1. The number of nitrogens with zero attached hydrogens (tertiary/aromatic N) is 2. The Balaban J connectivity index is 0.000000373. The molecule has 9 nitrogen and oxygen atoms in total. The van der Waals surface area contributed by atoms with Crippen molar-refractivity contribution in [3.05, 3.63) is 29.8 Å². The van der Waals surface area contributed by atoms with Crippen LogP contribution in [0.3, 0.4) is 0 Å². The van der Waals surface area contributed by atoms with Crippen LogP contribution in [0.2, 0.25) is 0 Å². The van der Waals surface area contributed by atoms with Crippen molar-refractivity contribution in [1.82, 2.24) is 19.8 Å². The molecule has 2 aliphatic heterocycles. The van der Waals surface area contributed by atoms with Gasteiger partial charge < -0.3 is 26.0 Å². The van der Waals surface area contributed by atoms with Crippen molar-refractivity contribution < 1.29 is 19.1 Å². The predicted octanol–water partition coefficient (Wildman–Crippen LogP) is 1.95. The van der Waals surface area contributed by atoms with E-state index in [1.807, 2.05) is 19.1 Å². The van der Waals surface area contributed by atoms with E-state index in [-0.39, 0.29) is 18.0 Å². The first-order valence-electron chi connectivity index (χ1n) is 12.8. The Labute approximate surface area is 220 Å². The SMILES string of the molecule is CNCC(=O)NC(C)CN(CCC1CCC(C(N)=O)N1C=O)SC(C)C.c1ccc2c(c1)CCCO2. The minimum atomic E-state index is -0.483. The van der Waals surface area contributed by atoms with Gasteiger partial charge in [-0.25, -0.2) is 4.31 Å². The zero-order chi connectivity index (χ0) is 26.5. The number of likely N-dealkylation sites (N-methyl/N-ethyl adjacent to an activating group) is 1. The number of likely N-dealkylation sites (tertiary alicyclic amines) is 1. The lowest BCUT2D eigenvalue weighted by Crippen LogP contribution is -2.45. The molecular formula is C26H43N5O4S. The number of para-hydroxylation sites is 1. The molecule has 10 heteroatoms. The number of primary amides is 1. The summed E-state index contributed by atoms with van der Waals surface area (Å²) in [6.07, 6.45) is 5.29. The van der Waals surface area contributed by atoms with Crippen LogP contribution in [-0.4, -0.2) is 84.1 Å². The van der Waals surface area contributed by atoms with Crippen molar-refractivity contribution in [2.75, 3.05) is 33.3 Å². The highest BCUT2D eigenvalue weighted by molar-refractivity contribution is 7.97. The summed E-state index contributed by atoms with van der Waals surface area (Å²) < 4.78 is 7.66. The topological polar surface area (TPSA) is 117 Å². The number of aryl methyl sites for hydroxylation is 1. The number of hydrogen-bond donors (Lipinski definition) is 3. The first-order chi connectivity index (χ1) is 17.2. The van der Waals surface area contributed by atoms with Crippen LogP contribution in [0.1, 0.15) is 52.0 Å². The molecule has 36 heavy (non-hydrogen) atoms. The largest absolute Gasteiger partial charge is 0.493 e. The summed E-state index contributed by atoms with van der Waals surface area (Å²) in [7, 11) is 1.74. The van der Waals surface area contributed by atoms with Gasteiger partial charge in [-0.3, -0.25) is 14.4 Å². The average Bonchev–Trinajstić information content (AvgIpc) is 3.26. The van der Waals surface area contributed by atoms with Gasteiger partial charge in [0.05, 0.1) is 13.2 Å². The number of rotatable bonds is 12. The number of hydrogen-bond acceptors (Lipinski definition) is 7. The summed E-state index contributed by atoms with van der Waals surface area (Å²) in [5.74, 6) is 0.615. The van der Waals surface area contributed by atoms with Crippen molar-refractivity contribution in [3.63, 3.8) is 0 Å². The van der Waals surface area contributed by atoms with Crippen LogP contribution in [0.5, 0.6) is 5.75 Å². The molecule has 2 aliphatic rings. The summed E-state index contributed by atoms with van der Waals surface area (Å²) in [6, 6.07) is 7.82. The molecule has 2 heterocycles. The number of benzene rings is 1. The van der Waals surface area contributed by atoms with Crippen molar-refractivity contribution in [2.45, 2.75) is 76.3 Å². The Bertz CT molecular complexity index is 815. The van der Waals surface area contributed by atoms with Gasteiger partial charge in [0.15, 0.2) is 0 Å². The van der Waals surface area contributed by atoms with Gasteiger partial charge >= 0.3 is 0 Å². The number of carbonyl (C=O) groups is 3. The molecule has 0 aromatic heterocycles. The molecule has 0 aliphatic carbocycles. The van der Waals surface area contributed by atoms with E-state index in [9.17, 15) is 14.4 Å². The van der Waals surface area contributed by atoms with Crippen LogP contribution in [0.25, 0.3) is 0 Å². The molecule has 3 unspecified atom stereocenters.